The highest BCUT2D eigenvalue weighted by atomic mass is 79.9. The van der Waals surface area contributed by atoms with Crippen molar-refractivity contribution < 1.29 is 23.4 Å². The molecule has 0 bridgehead atoms. The molecule has 2 rings (SSSR count). The van der Waals surface area contributed by atoms with Gasteiger partial charge >= 0.3 is 5.97 Å². The van der Waals surface area contributed by atoms with Crippen LogP contribution in [0.4, 0.5) is 8.78 Å². The van der Waals surface area contributed by atoms with Gasteiger partial charge in [-0.15, -0.1) is 0 Å². The Balaban J connectivity index is 2.35. The van der Waals surface area contributed by atoms with E-state index in [4.69, 9.17) is 9.84 Å². The van der Waals surface area contributed by atoms with Crippen LogP contribution in [0.15, 0.2) is 34.9 Å². The van der Waals surface area contributed by atoms with Crippen LogP contribution in [0, 0.1) is 11.6 Å². The second-order valence-corrected chi connectivity index (χ2v) is 4.32. The van der Waals surface area contributed by atoms with Crippen molar-refractivity contribution in [1.29, 1.82) is 0 Å². The van der Waals surface area contributed by atoms with Crippen LogP contribution in [0.3, 0.4) is 0 Å². The summed E-state index contributed by atoms with van der Waals surface area (Å²) in [5.41, 5.74) is -0.550. The summed E-state index contributed by atoms with van der Waals surface area (Å²) in [5.74, 6) is -3.37. The first-order valence-electron chi connectivity index (χ1n) is 4.99. The van der Waals surface area contributed by atoms with Crippen LogP contribution < -0.4 is 4.74 Å². The lowest BCUT2D eigenvalue weighted by Gasteiger charge is -2.07. The highest BCUT2D eigenvalue weighted by molar-refractivity contribution is 9.10. The Morgan fingerprint density at radius 3 is 2.68 bits per heavy atom. The van der Waals surface area contributed by atoms with Crippen LogP contribution in [0.5, 0.6) is 11.6 Å². The van der Waals surface area contributed by atoms with Gasteiger partial charge in [-0.25, -0.2) is 18.6 Å². The second-order valence-electron chi connectivity index (χ2n) is 3.46. The van der Waals surface area contributed by atoms with Crippen LogP contribution in [0.2, 0.25) is 0 Å². The first kappa shape index (κ1) is 13.4. The zero-order chi connectivity index (χ0) is 14.0. The van der Waals surface area contributed by atoms with Gasteiger partial charge in [0.25, 0.3) is 5.88 Å². The Morgan fingerprint density at radius 1 is 1.32 bits per heavy atom. The van der Waals surface area contributed by atoms with Crippen molar-refractivity contribution in [2.45, 2.75) is 0 Å². The number of hydrogen-bond donors (Lipinski definition) is 1. The second kappa shape index (κ2) is 5.31. The van der Waals surface area contributed by atoms with Crippen molar-refractivity contribution in [2.24, 2.45) is 0 Å². The highest BCUT2D eigenvalue weighted by Crippen LogP contribution is 2.27. The molecule has 0 radical (unpaired) electrons. The van der Waals surface area contributed by atoms with Gasteiger partial charge in [0.2, 0.25) is 0 Å². The summed E-state index contributed by atoms with van der Waals surface area (Å²) in [7, 11) is 0. The lowest BCUT2D eigenvalue weighted by atomic mass is 10.2. The molecule has 98 valence electrons. The van der Waals surface area contributed by atoms with Crippen molar-refractivity contribution >= 4 is 21.9 Å². The van der Waals surface area contributed by atoms with E-state index in [0.29, 0.717) is 0 Å². The Labute approximate surface area is 114 Å². The van der Waals surface area contributed by atoms with Crippen molar-refractivity contribution in [2.75, 3.05) is 0 Å². The van der Waals surface area contributed by atoms with Crippen LogP contribution in [-0.4, -0.2) is 16.1 Å². The molecule has 7 heteroatoms. The molecule has 0 spiro atoms. The van der Waals surface area contributed by atoms with Gasteiger partial charge in [-0.3, -0.25) is 0 Å². The van der Waals surface area contributed by atoms with Gasteiger partial charge in [-0.05, 0) is 40.2 Å². The van der Waals surface area contributed by atoms with E-state index in [1.165, 1.54) is 12.1 Å². The average molecular weight is 330 g/mol. The first-order valence-corrected chi connectivity index (χ1v) is 5.79. The number of carbonyl (C=O) groups is 1. The van der Waals surface area contributed by atoms with E-state index in [1.807, 2.05) is 0 Å². The Kier molecular flexibility index (Phi) is 3.75. The molecule has 0 fully saturated rings. The predicted octanol–water partition coefficient (Wildman–Crippen LogP) is 3.61. The third-order valence-electron chi connectivity index (χ3n) is 2.19. The summed E-state index contributed by atoms with van der Waals surface area (Å²) < 4.78 is 32.0. The van der Waals surface area contributed by atoms with Crippen LogP contribution in [-0.2, 0) is 0 Å². The molecule has 0 atom stereocenters. The van der Waals surface area contributed by atoms with Gasteiger partial charge in [0.05, 0.1) is 4.47 Å². The average Bonchev–Trinajstić information content (AvgIpc) is 2.36. The summed E-state index contributed by atoms with van der Waals surface area (Å²) in [6, 6.07) is 4.70. The number of aromatic carboxylic acids is 1. The number of carboxylic acids is 1. The third-order valence-corrected chi connectivity index (χ3v) is 2.80. The van der Waals surface area contributed by atoms with E-state index in [9.17, 15) is 13.6 Å². The molecule has 1 aromatic carbocycles. The van der Waals surface area contributed by atoms with Crippen molar-refractivity contribution in [3.8, 4) is 11.6 Å². The molecular formula is C12H6BrF2NO3. The molecule has 0 saturated heterocycles. The number of nitrogens with zero attached hydrogens (tertiary/aromatic N) is 1. The van der Waals surface area contributed by atoms with Gasteiger partial charge in [-0.2, -0.15) is 0 Å². The number of pyridine rings is 1. The highest BCUT2D eigenvalue weighted by Gasteiger charge is 2.17. The molecule has 0 aliphatic rings. The van der Waals surface area contributed by atoms with Gasteiger partial charge in [-0.1, -0.05) is 0 Å². The topological polar surface area (TPSA) is 59.4 Å². The summed E-state index contributed by atoms with van der Waals surface area (Å²) in [5, 5.41) is 8.76. The van der Waals surface area contributed by atoms with E-state index in [0.717, 1.165) is 18.3 Å². The largest absolute Gasteiger partial charge is 0.478 e. The molecule has 1 heterocycles. The minimum Gasteiger partial charge on any atom is -0.478 e. The van der Waals surface area contributed by atoms with E-state index in [-0.39, 0.29) is 10.2 Å². The van der Waals surface area contributed by atoms with Gasteiger partial charge in [0.1, 0.15) is 17.1 Å². The van der Waals surface area contributed by atoms with E-state index in [1.54, 1.807) is 0 Å². The molecule has 0 amide bonds. The maximum atomic E-state index is 13.7. The van der Waals surface area contributed by atoms with Crippen molar-refractivity contribution in [3.63, 3.8) is 0 Å². The molecule has 1 N–H and O–H groups in total. The lowest BCUT2D eigenvalue weighted by Crippen LogP contribution is -2.03. The lowest BCUT2D eigenvalue weighted by molar-refractivity contribution is 0.0690. The number of benzene rings is 1. The fourth-order valence-corrected chi connectivity index (χ4v) is 1.67. The van der Waals surface area contributed by atoms with Gasteiger partial charge in [0.15, 0.2) is 5.82 Å². The van der Waals surface area contributed by atoms with Crippen LogP contribution >= 0.6 is 15.9 Å². The first-order chi connectivity index (χ1) is 8.99. The zero-order valence-electron chi connectivity index (χ0n) is 9.23. The summed E-state index contributed by atoms with van der Waals surface area (Å²) in [6.07, 6.45) is 1.11. The van der Waals surface area contributed by atoms with E-state index in [2.05, 4.69) is 20.9 Å². The minimum absolute atomic E-state index is 0.127. The third kappa shape index (κ3) is 2.87. The number of aromatic nitrogens is 1. The number of ether oxygens (including phenoxy) is 1. The van der Waals surface area contributed by atoms with Gasteiger partial charge < -0.3 is 9.84 Å². The maximum Gasteiger partial charge on any atom is 0.338 e. The Hall–Kier alpha value is -2.02. The molecule has 0 saturated carbocycles. The number of hydrogen-bond acceptors (Lipinski definition) is 3. The molecule has 0 unspecified atom stereocenters. The fraction of sp³-hybridized carbons (Fsp3) is 0. The predicted molar refractivity (Wildman–Crippen MR) is 65.3 cm³/mol. The molecule has 2 aromatic rings. The number of carboxylic acid groups (broad SMARTS) is 1. The standard InChI is InChI=1S/C12H6BrF2NO3/c13-8-5-6(1-2-9(8)14)19-11-10(15)7(12(17)18)3-4-16-11/h1-5H,(H,17,18). The minimum atomic E-state index is -1.43. The van der Waals surface area contributed by atoms with Crippen LogP contribution in [0.25, 0.3) is 0 Å². The van der Waals surface area contributed by atoms with E-state index >= 15 is 0 Å². The Bertz CT molecular complexity index is 649. The van der Waals surface area contributed by atoms with Crippen molar-refractivity contribution in [1.82, 2.24) is 4.98 Å². The summed E-state index contributed by atoms with van der Waals surface area (Å²) in [6.45, 7) is 0. The Morgan fingerprint density at radius 2 is 2.05 bits per heavy atom. The number of halogens is 3. The summed E-state index contributed by atoms with van der Waals surface area (Å²) in [4.78, 5) is 14.3. The quantitative estimate of drug-likeness (QED) is 0.934. The molecule has 0 aliphatic heterocycles. The monoisotopic (exact) mass is 329 g/mol. The fourth-order valence-electron chi connectivity index (χ4n) is 1.31. The molecule has 4 nitrogen and oxygen atoms in total. The molecule has 0 aliphatic carbocycles. The molecular weight excluding hydrogens is 324 g/mol. The number of rotatable bonds is 3. The van der Waals surface area contributed by atoms with Crippen molar-refractivity contribution in [3.05, 3.63) is 52.1 Å². The summed E-state index contributed by atoms with van der Waals surface area (Å²) >= 11 is 2.95. The van der Waals surface area contributed by atoms with E-state index < -0.39 is 29.0 Å². The molecule has 1 aromatic heterocycles. The normalized spacial score (nSPS) is 10.3. The van der Waals surface area contributed by atoms with Crippen LogP contribution in [0.1, 0.15) is 10.4 Å². The SMILES string of the molecule is O=C(O)c1ccnc(Oc2ccc(F)c(Br)c2)c1F. The maximum absolute atomic E-state index is 13.7. The van der Waals surface area contributed by atoms with Gasteiger partial charge in [0, 0.05) is 6.20 Å². The molecule has 19 heavy (non-hydrogen) atoms. The smallest absolute Gasteiger partial charge is 0.338 e. The zero-order valence-corrected chi connectivity index (χ0v) is 10.8.